The number of anilines is 2. The Labute approximate surface area is 148 Å². The Balaban J connectivity index is 1.55. The van der Waals surface area contributed by atoms with E-state index in [0.717, 1.165) is 5.56 Å². The number of hydrogen-bond donors (Lipinski definition) is 2. The van der Waals surface area contributed by atoms with Crippen molar-refractivity contribution in [1.29, 1.82) is 0 Å². The smallest absolute Gasteiger partial charge is 0.262 e. The van der Waals surface area contributed by atoms with E-state index in [9.17, 15) is 9.59 Å². The zero-order valence-corrected chi connectivity index (χ0v) is 13.7. The van der Waals surface area contributed by atoms with E-state index < -0.39 is 0 Å². The second kappa shape index (κ2) is 6.14. The van der Waals surface area contributed by atoms with Crippen LogP contribution in [-0.2, 0) is 9.59 Å². The second-order valence-electron chi connectivity index (χ2n) is 5.64. The average molecular weight is 357 g/mol. The minimum Gasteiger partial charge on any atom is -0.488 e. The summed E-state index contributed by atoms with van der Waals surface area (Å²) in [4.78, 5) is 23.9. The Hall–Kier alpha value is -2.99. The molecule has 7 heteroatoms. The van der Waals surface area contributed by atoms with Gasteiger partial charge in [-0.15, -0.1) is 0 Å². The molecule has 126 valence electrons. The topological polar surface area (TPSA) is 76.7 Å². The fourth-order valence-electron chi connectivity index (χ4n) is 2.65. The van der Waals surface area contributed by atoms with Gasteiger partial charge >= 0.3 is 0 Å². The molecule has 2 amide bonds. The monoisotopic (exact) mass is 356 g/mol. The van der Waals surface area contributed by atoms with Crippen molar-refractivity contribution in [2.24, 2.45) is 0 Å². The number of amides is 2. The zero-order chi connectivity index (χ0) is 17.4. The average Bonchev–Trinajstić information content (AvgIpc) is 2.60. The number of benzene rings is 2. The molecule has 0 atom stereocenters. The highest BCUT2D eigenvalue weighted by Crippen LogP contribution is 2.32. The predicted octanol–water partition coefficient (Wildman–Crippen LogP) is 3.09. The molecule has 0 bridgehead atoms. The number of halogens is 1. The Bertz CT molecular complexity index is 923. The van der Waals surface area contributed by atoms with E-state index in [2.05, 4.69) is 10.6 Å². The number of rotatable bonds is 2. The summed E-state index contributed by atoms with van der Waals surface area (Å²) in [7, 11) is 0. The van der Waals surface area contributed by atoms with Crippen molar-refractivity contribution in [1.82, 2.24) is 0 Å². The summed E-state index contributed by atoms with van der Waals surface area (Å²) < 4.78 is 10.9. The number of ether oxygens (including phenoxy) is 2. The van der Waals surface area contributed by atoms with Gasteiger partial charge in [-0.25, -0.2) is 0 Å². The van der Waals surface area contributed by atoms with Crippen molar-refractivity contribution in [2.45, 2.75) is 0 Å². The molecule has 2 aromatic rings. The van der Waals surface area contributed by atoms with E-state index in [1.54, 1.807) is 42.5 Å². The molecule has 2 N–H and O–H groups in total. The van der Waals surface area contributed by atoms with E-state index >= 15 is 0 Å². The van der Waals surface area contributed by atoms with Crippen LogP contribution in [0, 0.1) is 0 Å². The Kier molecular flexibility index (Phi) is 3.82. The Morgan fingerprint density at radius 2 is 1.88 bits per heavy atom. The van der Waals surface area contributed by atoms with Crippen LogP contribution in [0.5, 0.6) is 11.5 Å². The SMILES string of the molecule is O=C1COc2ccc(NC(=O)C3=Cc4cc(Cl)ccc4OC3)cc2N1. The standard InChI is InChI=1S/C18H13ClN2O4/c19-12-1-3-15-10(6-12)5-11(8-24-15)18(23)20-13-2-4-16-14(7-13)21-17(22)9-25-16/h1-7H,8-9H2,(H,20,23)(H,21,22). The first-order valence-corrected chi connectivity index (χ1v) is 7.97. The van der Waals surface area contributed by atoms with Crippen molar-refractivity contribution in [2.75, 3.05) is 23.8 Å². The maximum atomic E-state index is 12.5. The van der Waals surface area contributed by atoms with E-state index in [1.165, 1.54) is 0 Å². The van der Waals surface area contributed by atoms with Crippen LogP contribution in [0.2, 0.25) is 5.02 Å². The molecule has 0 aromatic heterocycles. The fourth-order valence-corrected chi connectivity index (χ4v) is 2.83. The van der Waals surface area contributed by atoms with Crippen LogP contribution in [0.1, 0.15) is 5.56 Å². The minimum atomic E-state index is -0.284. The Morgan fingerprint density at radius 3 is 2.76 bits per heavy atom. The Morgan fingerprint density at radius 1 is 1.08 bits per heavy atom. The van der Waals surface area contributed by atoms with Gasteiger partial charge in [0.05, 0.1) is 11.3 Å². The zero-order valence-electron chi connectivity index (χ0n) is 13.0. The van der Waals surface area contributed by atoms with E-state index in [-0.39, 0.29) is 25.0 Å². The quantitative estimate of drug-likeness (QED) is 0.867. The summed E-state index contributed by atoms with van der Waals surface area (Å²) in [5.74, 6) is 0.748. The van der Waals surface area contributed by atoms with Gasteiger partial charge in [0.2, 0.25) is 0 Å². The van der Waals surface area contributed by atoms with Gasteiger partial charge in [-0.2, -0.15) is 0 Å². The number of fused-ring (bicyclic) bond motifs is 2. The number of hydrogen-bond acceptors (Lipinski definition) is 4. The lowest BCUT2D eigenvalue weighted by Gasteiger charge is -2.20. The predicted molar refractivity (Wildman–Crippen MR) is 94.1 cm³/mol. The summed E-state index contributed by atoms with van der Waals surface area (Å²) in [6.07, 6.45) is 1.75. The van der Waals surface area contributed by atoms with Gasteiger partial charge in [-0.1, -0.05) is 11.6 Å². The molecule has 25 heavy (non-hydrogen) atoms. The molecule has 0 saturated heterocycles. The van der Waals surface area contributed by atoms with Crippen molar-refractivity contribution >= 4 is 40.9 Å². The third-order valence-corrected chi connectivity index (χ3v) is 4.08. The normalized spacial score (nSPS) is 14.9. The molecule has 0 radical (unpaired) electrons. The van der Waals surface area contributed by atoms with Gasteiger partial charge in [0.25, 0.3) is 11.8 Å². The molecule has 0 spiro atoms. The third-order valence-electron chi connectivity index (χ3n) is 3.85. The van der Waals surface area contributed by atoms with E-state index in [4.69, 9.17) is 21.1 Å². The molecule has 0 unspecified atom stereocenters. The van der Waals surface area contributed by atoms with Crippen LogP contribution in [0.25, 0.3) is 6.08 Å². The summed E-state index contributed by atoms with van der Waals surface area (Å²) in [6.45, 7) is 0.163. The highest BCUT2D eigenvalue weighted by molar-refractivity contribution is 6.30. The molecule has 6 nitrogen and oxygen atoms in total. The van der Waals surface area contributed by atoms with E-state index in [0.29, 0.717) is 33.5 Å². The lowest BCUT2D eigenvalue weighted by Crippen LogP contribution is -2.25. The highest BCUT2D eigenvalue weighted by atomic mass is 35.5. The number of carbonyl (C=O) groups is 2. The third kappa shape index (κ3) is 3.16. The van der Waals surface area contributed by atoms with E-state index in [1.807, 2.05) is 0 Å². The summed E-state index contributed by atoms with van der Waals surface area (Å²) >= 11 is 5.98. The van der Waals surface area contributed by atoms with Crippen LogP contribution in [0.15, 0.2) is 42.0 Å². The fraction of sp³-hybridized carbons (Fsp3) is 0.111. The molecule has 2 aromatic carbocycles. The van der Waals surface area contributed by atoms with Gasteiger partial charge in [-0.3, -0.25) is 9.59 Å². The van der Waals surface area contributed by atoms with Gasteiger partial charge in [-0.05, 0) is 42.5 Å². The first-order chi connectivity index (χ1) is 12.1. The van der Waals surface area contributed by atoms with Crippen LogP contribution in [-0.4, -0.2) is 25.0 Å². The molecule has 0 saturated carbocycles. The van der Waals surface area contributed by atoms with Crippen molar-refractivity contribution in [3.63, 3.8) is 0 Å². The molecule has 2 aliphatic heterocycles. The van der Waals surface area contributed by atoms with Crippen molar-refractivity contribution in [3.8, 4) is 11.5 Å². The number of nitrogens with one attached hydrogen (secondary N) is 2. The summed E-state index contributed by atoms with van der Waals surface area (Å²) in [5.41, 5.74) is 2.31. The van der Waals surface area contributed by atoms with Crippen LogP contribution in [0.3, 0.4) is 0 Å². The van der Waals surface area contributed by atoms with Crippen LogP contribution < -0.4 is 20.1 Å². The highest BCUT2D eigenvalue weighted by Gasteiger charge is 2.20. The molecule has 4 rings (SSSR count). The van der Waals surface area contributed by atoms with Gasteiger partial charge in [0, 0.05) is 16.3 Å². The second-order valence-corrected chi connectivity index (χ2v) is 6.08. The maximum Gasteiger partial charge on any atom is 0.262 e. The lowest BCUT2D eigenvalue weighted by atomic mass is 10.1. The molecule has 0 aliphatic carbocycles. The first-order valence-electron chi connectivity index (χ1n) is 7.59. The molecular weight excluding hydrogens is 344 g/mol. The minimum absolute atomic E-state index is 0.00903. The van der Waals surface area contributed by atoms with Crippen LogP contribution >= 0.6 is 11.6 Å². The number of carbonyl (C=O) groups excluding carboxylic acids is 2. The first kappa shape index (κ1) is 15.5. The van der Waals surface area contributed by atoms with Gasteiger partial charge in [0.1, 0.15) is 18.1 Å². The summed E-state index contributed by atoms with van der Waals surface area (Å²) in [5, 5.41) is 6.07. The largest absolute Gasteiger partial charge is 0.488 e. The molecule has 0 fully saturated rings. The molecule has 2 heterocycles. The van der Waals surface area contributed by atoms with Gasteiger partial charge in [0.15, 0.2) is 6.61 Å². The van der Waals surface area contributed by atoms with Crippen molar-refractivity contribution in [3.05, 3.63) is 52.6 Å². The van der Waals surface area contributed by atoms with Crippen molar-refractivity contribution < 1.29 is 19.1 Å². The summed E-state index contributed by atoms with van der Waals surface area (Å²) in [6, 6.07) is 10.3. The molecule has 2 aliphatic rings. The van der Waals surface area contributed by atoms with Gasteiger partial charge < -0.3 is 20.1 Å². The maximum absolute atomic E-state index is 12.5. The van der Waals surface area contributed by atoms with Crippen LogP contribution in [0.4, 0.5) is 11.4 Å². The molecular formula is C18H13ClN2O4. The lowest BCUT2D eigenvalue weighted by molar-refractivity contribution is -0.118.